The summed E-state index contributed by atoms with van der Waals surface area (Å²) >= 11 is 15.4. The molecule has 0 fully saturated rings. The third kappa shape index (κ3) is 3.92. The highest BCUT2D eigenvalue weighted by Crippen LogP contribution is 2.30. The van der Waals surface area contributed by atoms with Gasteiger partial charge in [-0.15, -0.1) is 0 Å². The number of alkyl halides is 1. The molecule has 21 heavy (non-hydrogen) atoms. The predicted molar refractivity (Wildman–Crippen MR) is 91.1 cm³/mol. The first-order valence-electron chi connectivity index (χ1n) is 5.97. The molecule has 0 saturated heterocycles. The fourth-order valence-electron chi connectivity index (χ4n) is 1.69. The minimum atomic E-state index is -3.70. The van der Waals surface area contributed by atoms with Crippen LogP contribution in [0.25, 0.3) is 0 Å². The summed E-state index contributed by atoms with van der Waals surface area (Å²) < 4.78 is 27.1. The molecular weight excluding hydrogens is 397 g/mol. The maximum absolute atomic E-state index is 12.3. The molecule has 0 unspecified atom stereocenters. The zero-order chi connectivity index (χ0) is 15.6. The maximum Gasteiger partial charge on any atom is 0.261 e. The van der Waals surface area contributed by atoms with E-state index in [1.165, 1.54) is 6.07 Å². The number of benzene rings is 2. The molecule has 2 aromatic carbocycles. The van der Waals surface area contributed by atoms with Gasteiger partial charge in [-0.2, -0.15) is 0 Å². The highest BCUT2D eigenvalue weighted by Gasteiger charge is 2.16. The fraction of sp³-hybridized carbons (Fsp3) is 0.143. The number of hydrogen-bond donors (Lipinski definition) is 1. The number of aryl methyl sites for hydroxylation is 1. The molecule has 0 amide bonds. The quantitative estimate of drug-likeness (QED) is 0.723. The summed E-state index contributed by atoms with van der Waals surface area (Å²) in [6, 6.07) is 9.70. The molecule has 112 valence electrons. The normalized spacial score (nSPS) is 11.4. The number of nitrogens with one attached hydrogen (secondary N) is 1. The van der Waals surface area contributed by atoms with E-state index in [0.29, 0.717) is 15.4 Å². The third-order valence-electron chi connectivity index (χ3n) is 2.88. The summed E-state index contributed by atoms with van der Waals surface area (Å²) in [5, 5.41) is 1.42. The lowest BCUT2D eigenvalue weighted by Gasteiger charge is -2.11. The van der Waals surface area contributed by atoms with Crippen LogP contribution < -0.4 is 4.72 Å². The summed E-state index contributed by atoms with van der Waals surface area (Å²) in [7, 11) is -3.70. The first kappa shape index (κ1) is 16.6. The Morgan fingerprint density at radius 3 is 2.29 bits per heavy atom. The molecule has 7 heteroatoms. The molecule has 0 heterocycles. The van der Waals surface area contributed by atoms with Crippen LogP contribution in [0, 0.1) is 6.92 Å². The van der Waals surface area contributed by atoms with Gasteiger partial charge in [-0.3, -0.25) is 4.72 Å². The molecule has 3 nitrogen and oxygen atoms in total. The Balaban J connectivity index is 2.34. The van der Waals surface area contributed by atoms with Crippen LogP contribution in [0.4, 0.5) is 5.69 Å². The molecule has 2 aromatic rings. The van der Waals surface area contributed by atoms with Crippen molar-refractivity contribution in [3.63, 3.8) is 0 Å². The number of sulfonamides is 1. The first-order chi connectivity index (χ1) is 9.83. The van der Waals surface area contributed by atoms with Crippen molar-refractivity contribution in [1.29, 1.82) is 0 Å². The van der Waals surface area contributed by atoms with Gasteiger partial charge in [0.1, 0.15) is 0 Å². The highest BCUT2D eigenvalue weighted by atomic mass is 79.9. The van der Waals surface area contributed by atoms with Crippen LogP contribution in [-0.2, 0) is 15.4 Å². The van der Waals surface area contributed by atoms with Crippen LogP contribution in [0.3, 0.4) is 0 Å². The fourth-order valence-corrected chi connectivity index (χ4v) is 3.62. The Bertz CT molecular complexity index is 761. The van der Waals surface area contributed by atoms with E-state index in [2.05, 4.69) is 20.7 Å². The number of anilines is 1. The molecule has 0 saturated carbocycles. The van der Waals surface area contributed by atoms with E-state index in [0.717, 1.165) is 11.1 Å². The van der Waals surface area contributed by atoms with E-state index in [1.54, 1.807) is 37.3 Å². The Kier molecular flexibility index (Phi) is 5.20. The van der Waals surface area contributed by atoms with Gasteiger partial charge in [0.15, 0.2) is 0 Å². The van der Waals surface area contributed by atoms with Gasteiger partial charge in [0, 0.05) is 10.4 Å². The number of rotatable bonds is 4. The largest absolute Gasteiger partial charge is 0.278 e. The summed E-state index contributed by atoms with van der Waals surface area (Å²) in [6.45, 7) is 1.80. The average molecular weight is 409 g/mol. The Hall–Kier alpha value is -0.750. The molecule has 0 atom stereocenters. The van der Waals surface area contributed by atoms with Crippen LogP contribution in [0.15, 0.2) is 41.3 Å². The van der Waals surface area contributed by atoms with Crippen LogP contribution in [-0.4, -0.2) is 8.42 Å². The second kappa shape index (κ2) is 6.57. The van der Waals surface area contributed by atoms with Crippen molar-refractivity contribution < 1.29 is 8.42 Å². The van der Waals surface area contributed by atoms with E-state index >= 15 is 0 Å². The topological polar surface area (TPSA) is 46.2 Å². The Labute approximate surface area is 142 Å². The molecule has 0 aliphatic carbocycles. The predicted octanol–water partition coefficient (Wildman–Crippen LogP) is 5.00. The first-order valence-corrected chi connectivity index (χ1v) is 9.33. The lowest BCUT2D eigenvalue weighted by Crippen LogP contribution is -2.13. The van der Waals surface area contributed by atoms with Crippen molar-refractivity contribution >= 4 is 54.8 Å². The van der Waals surface area contributed by atoms with Gasteiger partial charge in [0.2, 0.25) is 0 Å². The zero-order valence-electron chi connectivity index (χ0n) is 11.0. The van der Waals surface area contributed by atoms with Crippen molar-refractivity contribution in [2.45, 2.75) is 17.1 Å². The summed E-state index contributed by atoms with van der Waals surface area (Å²) in [5.41, 5.74) is 2.04. The van der Waals surface area contributed by atoms with Crippen molar-refractivity contribution in [2.24, 2.45) is 0 Å². The van der Waals surface area contributed by atoms with E-state index in [9.17, 15) is 8.42 Å². The maximum atomic E-state index is 12.3. The van der Waals surface area contributed by atoms with Crippen molar-refractivity contribution in [3.8, 4) is 0 Å². The molecule has 2 rings (SSSR count). The van der Waals surface area contributed by atoms with E-state index in [4.69, 9.17) is 23.2 Å². The second-order valence-electron chi connectivity index (χ2n) is 4.46. The van der Waals surface area contributed by atoms with Gasteiger partial charge in [-0.1, -0.05) is 51.3 Å². The second-order valence-corrected chi connectivity index (χ2v) is 7.52. The van der Waals surface area contributed by atoms with Gasteiger partial charge >= 0.3 is 0 Å². The summed E-state index contributed by atoms with van der Waals surface area (Å²) in [4.78, 5) is 0.167. The van der Waals surface area contributed by atoms with Crippen molar-refractivity contribution in [3.05, 3.63) is 57.6 Å². The Morgan fingerprint density at radius 2 is 1.71 bits per heavy atom. The van der Waals surface area contributed by atoms with Crippen LogP contribution in [0.2, 0.25) is 10.0 Å². The monoisotopic (exact) mass is 407 g/mol. The number of hydrogen-bond acceptors (Lipinski definition) is 2. The minimum Gasteiger partial charge on any atom is -0.278 e. The third-order valence-corrected chi connectivity index (χ3v) is 5.63. The summed E-state index contributed by atoms with van der Waals surface area (Å²) in [6.07, 6.45) is 0. The molecule has 0 bridgehead atoms. The van der Waals surface area contributed by atoms with Gasteiger partial charge < -0.3 is 0 Å². The average Bonchev–Trinajstić information content (AvgIpc) is 2.44. The van der Waals surface area contributed by atoms with Crippen LogP contribution in [0.1, 0.15) is 11.1 Å². The molecule has 0 aliphatic rings. The standard InChI is InChI=1S/C14H12BrCl2NO2S/c1-9-6-13(17)14(7-12(9)16)18-21(19,20)11-4-2-10(8-15)3-5-11/h2-7,18H,8H2,1H3. The lowest BCUT2D eigenvalue weighted by molar-refractivity contribution is 0.601. The van der Waals surface area contributed by atoms with Crippen LogP contribution in [0.5, 0.6) is 0 Å². The van der Waals surface area contributed by atoms with E-state index < -0.39 is 10.0 Å². The van der Waals surface area contributed by atoms with Crippen LogP contribution >= 0.6 is 39.1 Å². The zero-order valence-corrected chi connectivity index (χ0v) is 14.9. The van der Waals surface area contributed by atoms with Gasteiger partial charge in [-0.05, 0) is 42.3 Å². The SMILES string of the molecule is Cc1cc(Cl)c(NS(=O)(=O)c2ccc(CBr)cc2)cc1Cl. The van der Waals surface area contributed by atoms with E-state index in [1.807, 2.05) is 0 Å². The molecule has 0 radical (unpaired) electrons. The molecule has 0 aromatic heterocycles. The van der Waals surface area contributed by atoms with Gasteiger partial charge in [0.25, 0.3) is 10.0 Å². The van der Waals surface area contributed by atoms with Crippen molar-refractivity contribution in [2.75, 3.05) is 4.72 Å². The molecular formula is C14H12BrCl2NO2S. The molecule has 1 N–H and O–H groups in total. The molecule has 0 spiro atoms. The highest BCUT2D eigenvalue weighted by molar-refractivity contribution is 9.08. The van der Waals surface area contributed by atoms with Crippen molar-refractivity contribution in [1.82, 2.24) is 0 Å². The molecule has 0 aliphatic heterocycles. The van der Waals surface area contributed by atoms with Gasteiger partial charge in [-0.25, -0.2) is 8.42 Å². The Morgan fingerprint density at radius 1 is 1.10 bits per heavy atom. The lowest BCUT2D eigenvalue weighted by atomic mass is 10.2. The number of halogens is 3. The van der Waals surface area contributed by atoms with E-state index in [-0.39, 0.29) is 10.6 Å². The summed E-state index contributed by atoms with van der Waals surface area (Å²) in [5.74, 6) is 0. The minimum absolute atomic E-state index is 0.167. The smallest absolute Gasteiger partial charge is 0.261 e. The van der Waals surface area contributed by atoms with Gasteiger partial charge in [0.05, 0.1) is 15.6 Å².